The first-order chi connectivity index (χ1) is 6.44. The first kappa shape index (κ1) is 10.5. The molecule has 0 aromatic rings. The van der Waals surface area contributed by atoms with Crippen LogP contribution in [0.15, 0.2) is 0 Å². The Labute approximate surface area is 87.9 Å². The van der Waals surface area contributed by atoms with E-state index in [-0.39, 0.29) is 6.10 Å². The van der Waals surface area contributed by atoms with Gasteiger partial charge in [0.15, 0.2) is 0 Å². The summed E-state index contributed by atoms with van der Waals surface area (Å²) < 4.78 is 0. The van der Waals surface area contributed by atoms with Crippen molar-refractivity contribution in [1.82, 2.24) is 0 Å². The second-order valence-corrected chi connectivity index (χ2v) is 6.48. The molecule has 2 aliphatic rings. The Balaban J connectivity index is 2.21. The van der Waals surface area contributed by atoms with Crippen LogP contribution >= 0.6 is 0 Å². The van der Waals surface area contributed by atoms with Crippen LogP contribution in [0.5, 0.6) is 0 Å². The van der Waals surface area contributed by atoms with E-state index in [1.54, 1.807) is 0 Å². The zero-order valence-electron chi connectivity index (χ0n) is 9.84. The highest BCUT2D eigenvalue weighted by Crippen LogP contribution is 2.57. The largest absolute Gasteiger partial charge is 0.393 e. The van der Waals surface area contributed by atoms with Crippen LogP contribution in [0, 0.1) is 16.7 Å². The molecular weight excluding hydrogens is 172 g/mol. The molecule has 1 N–H and O–H groups in total. The Bertz CT molecular complexity index is 221. The average Bonchev–Trinajstić information content (AvgIpc) is 2.00. The molecule has 0 bridgehead atoms. The van der Waals surface area contributed by atoms with Crippen molar-refractivity contribution in [2.45, 2.75) is 65.4 Å². The first-order valence-corrected chi connectivity index (χ1v) is 6.12. The van der Waals surface area contributed by atoms with Gasteiger partial charge in [-0.1, -0.05) is 27.2 Å². The van der Waals surface area contributed by atoms with E-state index < -0.39 is 0 Å². The van der Waals surface area contributed by atoms with Gasteiger partial charge in [-0.25, -0.2) is 0 Å². The SMILES string of the molecule is CC1(C)CCCC2(C)CC(O)CCC12. The Kier molecular flexibility index (Phi) is 2.42. The molecule has 2 saturated carbocycles. The summed E-state index contributed by atoms with van der Waals surface area (Å²) in [5, 5.41) is 9.78. The minimum atomic E-state index is -0.0230. The Hall–Kier alpha value is -0.0400. The van der Waals surface area contributed by atoms with Crippen LogP contribution in [0.25, 0.3) is 0 Å². The predicted octanol–water partition coefficient (Wildman–Crippen LogP) is 3.36. The fourth-order valence-corrected chi connectivity index (χ4v) is 4.22. The van der Waals surface area contributed by atoms with Crippen LogP contribution in [-0.2, 0) is 0 Å². The van der Waals surface area contributed by atoms with Crippen molar-refractivity contribution in [2.75, 3.05) is 0 Å². The Morgan fingerprint density at radius 2 is 1.79 bits per heavy atom. The molecule has 0 aliphatic heterocycles. The lowest BCUT2D eigenvalue weighted by Gasteiger charge is -2.54. The second kappa shape index (κ2) is 3.23. The molecule has 1 nitrogen and oxygen atoms in total. The normalized spacial score (nSPS) is 47.1. The number of aliphatic hydroxyl groups is 1. The van der Waals surface area contributed by atoms with Crippen molar-refractivity contribution in [3.8, 4) is 0 Å². The quantitative estimate of drug-likeness (QED) is 0.630. The topological polar surface area (TPSA) is 20.2 Å². The van der Waals surface area contributed by atoms with Crippen molar-refractivity contribution in [1.29, 1.82) is 0 Å². The van der Waals surface area contributed by atoms with Crippen LogP contribution < -0.4 is 0 Å². The fraction of sp³-hybridized carbons (Fsp3) is 1.00. The number of hydrogen-bond donors (Lipinski definition) is 1. The van der Waals surface area contributed by atoms with Gasteiger partial charge in [0.25, 0.3) is 0 Å². The van der Waals surface area contributed by atoms with E-state index in [9.17, 15) is 5.11 Å². The number of fused-ring (bicyclic) bond motifs is 1. The molecule has 0 aromatic carbocycles. The molecule has 0 amide bonds. The van der Waals surface area contributed by atoms with Gasteiger partial charge in [0, 0.05) is 0 Å². The van der Waals surface area contributed by atoms with Gasteiger partial charge in [-0.05, 0) is 48.9 Å². The summed E-state index contributed by atoms with van der Waals surface area (Å²) in [7, 11) is 0. The highest BCUT2D eigenvalue weighted by atomic mass is 16.3. The fourth-order valence-electron chi connectivity index (χ4n) is 4.22. The molecule has 0 spiro atoms. The molecule has 0 aromatic heterocycles. The third-order valence-electron chi connectivity index (χ3n) is 4.84. The third-order valence-corrected chi connectivity index (χ3v) is 4.84. The van der Waals surface area contributed by atoms with Gasteiger partial charge in [0.2, 0.25) is 0 Å². The highest BCUT2D eigenvalue weighted by Gasteiger charge is 2.48. The van der Waals surface area contributed by atoms with Gasteiger partial charge < -0.3 is 5.11 Å². The molecule has 1 heteroatoms. The van der Waals surface area contributed by atoms with E-state index in [1.807, 2.05) is 0 Å². The molecule has 2 fully saturated rings. The summed E-state index contributed by atoms with van der Waals surface area (Å²) >= 11 is 0. The molecule has 3 unspecified atom stereocenters. The smallest absolute Gasteiger partial charge is 0.0545 e. The molecule has 82 valence electrons. The molecule has 2 aliphatic carbocycles. The molecule has 3 atom stereocenters. The maximum absolute atomic E-state index is 9.78. The van der Waals surface area contributed by atoms with E-state index >= 15 is 0 Å². The highest BCUT2D eigenvalue weighted by molar-refractivity contribution is 4.99. The number of hydrogen-bond acceptors (Lipinski definition) is 1. The molecule has 2 rings (SSSR count). The minimum Gasteiger partial charge on any atom is -0.393 e. The van der Waals surface area contributed by atoms with Crippen molar-refractivity contribution < 1.29 is 5.11 Å². The zero-order valence-corrected chi connectivity index (χ0v) is 9.84. The summed E-state index contributed by atoms with van der Waals surface area (Å²) in [4.78, 5) is 0. The van der Waals surface area contributed by atoms with Crippen LogP contribution in [0.3, 0.4) is 0 Å². The van der Waals surface area contributed by atoms with Crippen molar-refractivity contribution in [3.05, 3.63) is 0 Å². The number of rotatable bonds is 0. The summed E-state index contributed by atoms with van der Waals surface area (Å²) in [5.74, 6) is 0.840. The second-order valence-electron chi connectivity index (χ2n) is 6.48. The molecule has 0 saturated heterocycles. The van der Waals surface area contributed by atoms with Gasteiger partial charge >= 0.3 is 0 Å². The first-order valence-electron chi connectivity index (χ1n) is 6.12. The lowest BCUT2D eigenvalue weighted by molar-refractivity contribution is -0.0731. The molecule has 14 heavy (non-hydrogen) atoms. The maximum Gasteiger partial charge on any atom is 0.0545 e. The molecule has 0 heterocycles. The van der Waals surface area contributed by atoms with Crippen molar-refractivity contribution in [3.63, 3.8) is 0 Å². The Morgan fingerprint density at radius 1 is 1.07 bits per heavy atom. The van der Waals surface area contributed by atoms with Crippen molar-refractivity contribution in [2.24, 2.45) is 16.7 Å². The molecular formula is C13H24O. The lowest BCUT2D eigenvalue weighted by atomic mass is 9.51. The monoisotopic (exact) mass is 196 g/mol. The zero-order chi connectivity index (χ0) is 10.4. The van der Waals surface area contributed by atoms with E-state index in [0.29, 0.717) is 10.8 Å². The third kappa shape index (κ3) is 1.60. The predicted molar refractivity (Wildman–Crippen MR) is 59.1 cm³/mol. The van der Waals surface area contributed by atoms with Crippen LogP contribution in [-0.4, -0.2) is 11.2 Å². The molecule has 0 radical (unpaired) electrons. The van der Waals surface area contributed by atoms with Crippen LogP contribution in [0.2, 0.25) is 0 Å². The van der Waals surface area contributed by atoms with E-state index in [4.69, 9.17) is 0 Å². The number of aliphatic hydroxyl groups excluding tert-OH is 1. The minimum absolute atomic E-state index is 0.0230. The van der Waals surface area contributed by atoms with Crippen LogP contribution in [0.4, 0.5) is 0 Å². The average molecular weight is 196 g/mol. The van der Waals surface area contributed by atoms with Gasteiger partial charge in [-0.2, -0.15) is 0 Å². The summed E-state index contributed by atoms with van der Waals surface area (Å²) in [5.41, 5.74) is 0.937. The summed E-state index contributed by atoms with van der Waals surface area (Å²) in [6.45, 7) is 7.25. The standard InChI is InChI=1S/C13H24O/c1-12(2)7-4-8-13(3)9-10(14)5-6-11(12)13/h10-11,14H,4-9H2,1-3H3. The Morgan fingerprint density at radius 3 is 2.50 bits per heavy atom. The van der Waals surface area contributed by atoms with Crippen LogP contribution in [0.1, 0.15) is 59.3 Å². The van der Waals surface area contributed by atoms with Gasteiger partial charge in [0.1, 0.15) is 0 Å². The summed E-state index contributed by atoms with van der Waals surface area (Å²) in [6.07, 6.45) is 7.36. The van der Waals surface area contributed by atoms with Gasteiger partial charge in [0.05, 0.1) is 6.10 Å². The maximum atomic E-state index is 9.78. The van der Waals surface area contributed by atoms with E-state index in [2.05, 4.69) is 20.8 Å². The van der Waals surface area contributed by atoms with E-state index in [1.165, 1.54) is 25.7 Å². The van der Waals surface area contributed by atoms with E-state index in [0.717, 1.165) is 18.8 Å². The summed E-state index contributed by atoms with van der Waals surface area (Å²) in [6, 6.07) is 0. The van der Waals surface area contributed by atoms with Gasteiger partial charge in [-0.15, -0.1) is 0 Å². The lowest BCUT2D eigenvalue weighted by Crippen LogP contribution is -2.47. The van der Waals surface area contributed by atoms with Crippen molar-refractivity contribution >= 4 is 0 Å². The van der Waals surface area contributed by atoms with Gasteiger partial charge in [-0.3, -0.25) is 0 Å².